The molecule has 0 atom stereocenters. The fourth-order valence-electron chi connectivity index (χ4n) is 6.45. The van der Waals surface area contributed by atoms with Crippen LogP contribution in [0, 0.1) is 27.7 Å². The van der Waals surface area contributed by atoms with Crippen LogP contribution in [0.2, 0.25) is 0 Å². The number of aryl methyl sites for hydroxylation is 4. The van der Waals surface area contributed by atoms with Crippen molar-refractivity contribution in [3.63, 3.8) is 0 Å². The molecular weight excluding hydrogens is 651 g/mol. The first kappa shape index (κ1) is 37.4. The van der Waals surface area contributed by atoms with Crippen molar-refractivity contribution in [2.24, 2.45) is 9.98 Å². The van der Waals surface area contributed by atoms with Crippen LogP contribution < -0.4 is 14.9 Å². The number of aliphatic imine (C=N–C) groups is 2. The predicted molar refractivity (Wildman–Crippen MR) is 197 cm³/mol. The van der Waals surface area contributed by atoms with Gasteiger partial charge in [-0.05, 0) is 83.4 Å². The molecule has 5 aromatic rings. The maximum absolute atomic E-state index is 12.3. The smallest absolute Gasteiger partial charge is 0.873 e. The van der Waals surface area contributed by atoms with Gasteiger partial charge in [-0.15, -0.1) is 11.5 Å². The molecule has 0 saturated heterocycles. The molecule has 0 spiro atoms. The summed E-state index contributed by atoms with van der Waals surface area (Å²) in [7, 11) is 1.53. The molecule has 0 unspecified atom stereocenters. The molecule has 0 heterocycles. The van der Waals surface area contributed by atoms with Gasteiger partial charge in [0.2, 0.25) is 0 Å². The third kappa shape index (κ3) is 7.31. The first-order chi connectivity index (χ1) is 22.5. The normalized spacial score (nSPS) is 14.1. The summed E-state index contributed by atoms with van der Waals surface area (Å²) in [5, 5.41) is 26.9. The van der Waals surface area contributed by atoms with Crippen LogP contribution >= 0.6 is 0 Å². The van der Waals surface area contributed by atoms with E-state index >= 15 is 0 Å². The summed E-state index contributed by atoms with van der Waals surface area (Å²) in [6, 6.07) is 27.3. The standard InChI is InChI=1S/C28H24N2.C15H24O3.Ni/c1-17-9-5-10-18(2)25(17)29-27-22-15-7-13-21-14-8-16-23(24(21)22)28(27)30-26-19(3)11-6-12-20(26)4;1-14(2,3)9-8-10(18-7)11(15(4,5)6)13(17)12(9)16;/h5-16H,1-4H3;8,16-17H,1-7H3;/q;;+2/p-2/b29-27-,30-28+;;. The van der Waals surface area contributed by atoms with Crippen LogP contribution in [0.15, 0.2) is 88.8 Å². The van der Waals surface area contributed by atoms with E-state index in [1.807, 2.05) is 41.5 Å². The molecule has 1 aliphatic carbocycles. The monoisotopic (exact) mass is 696 g/mol. The van der Waals surface area contributed by atoms with Gasteiger partial charge in [-0.1, -0.05) is 114 Å². The molecule has 5 aromatic carbocycles. The van der Waals surface area contributed by atoms with Crippen molar-refractivity contribution in [1.29, 1.82) is 0 Å². The molecule has 0 bridgehead atoms. The Hall–Kier alpha value is -4.41. The Morgan fingerprint density at radius 2 is 0.980 bits per heavy atom. The zero-order valence-corrected chi connectivity index (χ0v) is 31.4. The summed E-state index contributed by atoms with van der Waals surface area (Å²) in [6.07, 6.45) is 0. The maximum Gasteiger partial charge on any atom is 2.00 e. The average molecular weight is 698 g/mol. The fourth-order valence-corrected chi connectivity index (χ4v) is 6.45. The largest absolute Gasteiger partial charge is 2.00 e. The van der Waals surface area contributed by atoms with Gasteiger partial charge in [0.1, 0.15) is 5.75 Å². The van der Waals surface area contributed by atoms with Crippen molar-refractivity contribution in [2.45, 2.75) is 80.1 Å². The number of rotatable bonds is 3. The van der Waals surface area contributed by atoms with Gasteiger partial charge >= 0.3 is 16.5 Å². The zero-order valence-electron chi connectivity index (χ0n) is 30.4. The van der Waals surface area contributed by atoms with Crippen LogP contribution in [0.25, 0.3) is 10.8 Å². The van der Waals surface area contributed by atoms with Crippen molar-refractivity contribution < 1.29 is 31.4 Å². The summed E-state index contributed by atoms with van der Waals surface area (Å²) >= 11 is 0. The van der Waals surface area contributed by atoms with Crippen LogP contribution in [0.3, 0.4) is 0 Å². The van der Waals surface area contributed by atoms with E-state index in [9.17, 15) is 10.2 Å². The molecule has 6 heteroatoms. The van der Waals surface area contributed by atoms with Crippen molar-refractivity contribution >= 4 is 33.6 Å². The van der Waals surface area contributed by atoms with Gasteiger partial charge in [-0.2, -0.15) is 0 Å². The molecule has 49 heavy (non-hydrogen) atoms. The van der Waals surface area contributed by atoms with Crippen LogP contribution in [0.4, 0.5) is 11.4 Å². The number of methoxy groups -OCH3 is 1. The third-order valence-electron chi connectivity index (χ3n) is 8.94. The second-order valence-corrected chi connectivity index (χ2v) is 14.8. The Morgan fingerprint density at radius 1 is 0.571 bits per heavy atom. The van der Waals surface area contributed by atoms with Gasteiger partial charge < -0.3 is 14.9 Å². The number of hydrogen-bond donors (Lipinski definition) is 0. The SMILES string of the molecule is COc1cc(C(C)(C)C)c([O-])c([O-])c1C(C)(C)C.Cc1cccc(C)c1/N=C1\C(=N\c2c(C)cccc2C)c2cccc3cccc1c23.[Ni+2]. The quantitative estimate of drug-likeness (QED) is 0.176. The van der Waals surface area contributed by atoms with Gasteiger partial charge in [-0.3, -0.25) is 0 Å². The first-order valence-electron chi connectivity index (χ1n) is 16.5. The summed E-state index contributed by atoms with van der Waals surface area (Å²) in [5.41, 5.74) is 11.2. The van der Waals surface area contributed by atoms with E-state index in [4.69, 9.17) is 14.7 Å². The van der Waals surface area contributed by atoms with Crippen LogP contribution in [-0.4, -0.2) is 18.5 Å². The Balaban J connectivity index is 0.000000246. The van der Waals surface area contributed by atoms with Gasteiger partial charge in [0, 0.05) is 16.5 Å². The van der Waals surface area contributed by atoms with E-state index in [1.54, 1.807) is 6.07 Å². The Morgan fingerprint density at radius 3 is 1.35 bits per heavy atom. The summed E-state index contributed by atoms with van der Waals surface area (Å²) in [6.45, 7) is 20.0. The molecule has 6 rings (SSSR count). The van der Waals surface area contributed by atoms with Gasteiger partial charge in [0.15, 0.2) is 0 Å². The van der Waals surface area contributed by atoms with E-state index in [2.05, 4.69) is 100 Å². The first-order valence-corrected chi connectivity index (χ1v) is 16.5. The van der Waals surface area contributed by atoms with E-state index in [-0.39, 0.29) is 21.9 Å². The molecule has 0 saturated carbocycles. The van der Waals surface area contributed by atoms with Crippen molar-refractivity contribution in [1.82, 2.24) is 0 Å². The minimum absolute atomic E-state index is 0. The number of ether oxygens (including phenoxy) is 1. The minimum atomic E-state index is -0.438. The Labute approximate surface area is 301 Å². The zero-order chi connectivity index (χ0) is 35.1. The molecule has 0 amide bonds. The predicted octanol–water partition coefficient (Wildman–Crippen LogP) is 9.76. The molecule has 5 nitrogen and oxygen atoms in total. The van der Waals surface area contributed by atoms with E-state index in [1.165, 1.54) is 40.1 Å². The van der Waals surface area contributed by atoms with Crippen LogP contribution in [-0.2, 0) is 27.3 Å². The molecule has 0 aliphatic heterocycles. The molecular formula is C43H46N2NiO3. The fraction of sp³-hybridized carbons (Fsp3) is 0.302. The Bertz CT molecular complexity index is 1950. The summed E-state index contributed by atoms with van der Waals surface area (Å²) in [4.78, 5) is 10.4. The number of benzene rings is 5. The van der Waals surface area contributed by atoms with E-state index < -0.39 is 16.9 Å². The number of hydrogen-bond acceptors (Lipinski definition) is 5. The Kier molecular flexibility index (Phi) is 10.9. The molecule has 0 fully saturated rings. The molecule has 256 valence electrons. The number of para-hydroxylation sites is 2. The van der Waals surface area contributed by atoms with Gasteiger partial charge in [-0.25, -0.2) is 9.98 Å². The molecule has 1 aliphatic rings. The molecule has 0 N–H and O–H groups in total. The summed E-state index contributed by atoms with van der Waals surface area (Å²) < 4.78 is 5.30. The van der Waals surface area contributed by atoms with Gasteiger partial charge in [0.05, 0.1) is 29.9 Å². The third-order valence-corrected chi connectivity index (χ3v) is 8.94. The minimum Gasteiger partial charge on any atom is -0.873 e. The second kappa shape index (κ2) is 14.2. The molecule has 0 aromatic heterocycles. The molecule has 0 radical (unpaired) electrons. The summed E-state index contributed by atoms with van der Waals surface area (Å²) in [5.74, 6) is -0.336. The van der Waals surface area contributed by atoms with Crippen LogP contribution in [0.5, 0.6) is 17.2 Å². The van der Waals surface area contributed by atoms with Crippen molar-refractivity contribution in [3.05, 3.63) is 123 Å². The van der Waals surface area contributed by atoms with E-state index in [0.717, 1.165) is 33.9 Å². The van der Waals surface area contributed by atoms with Crippen LogP contribution in [0.1, 0.15) is 86.1 Å². The van der Waals surface area contributed by atoms with Crippen molar-refractivity contribution in [3.8, 4) is 17.2 Å². The van der Waals surface area contributed by atoms with Crippen molar-refractivity contribution in [2.75, 3.05) is 7.11 Å². The number of nitrogens with zero attached hydrogens (tertiary/aromatic N) is 2. The topological polar surface area (TPSA) is 80.1 Å². The maximum atomic E-state index is 12.3. The average Bonchev–Trinajstić information content (AvgIpc) is 3.30. The second-order valence-electron chi connectivity index (χ2n) is 14.8. The van der Waals surface area contributed by atoms with E-state index in [0.29, 0.717) is 16.9 Å². The van der Waals surface area contributed by atoms with Gasteiger partial charge in [0.25, 0.3) is 0 Å².